The maximum absolute atomic E-state index is 10.6. The maximum atomic E-state index is 10.6. The van der Waals surface area contributed by atoms with Gasteiger partial charge in [-0.1, -0.05) is 0 Å². The normalized spacial score (nSPS) is 9.36. The lowest BCUT2D eigenvalue weighted by Gasteiger charge is -2.03. The average Bonchev–Trinajstić information content (AvgIpc) is 1.82. The minimum absolute atomic E-state index is 0.238. The van der Waals surface area contributed by atoms with Gasteiger partial charge in [-0.3, -0.25) is 0 Å². The Morgan fingerprint density at radius 3 is 2.45 bits per heavy atom. The maximum Gasteiger partial charge on any atom is 0.329 e. The molecule has 0 radical (unpaired) electrons. The summed E-state index contributed by atoms with van der Waals surface area (Å²) in [7, 11) is -2.53. The SMILES string of the molecule is CC(C)OC(=O)CN=S(=O)=O. The Labute approximate surface area is 66.1 Å². The average molecular weight is 179 g/mol. The number of rotatable bonds is 3. The Balaban J connectivity index is 3.81. The summed E-state index contributed by atoms with van der Waals surface area (Å²) in [6, 6.07) is 0. The van der Waals surface area contributed by atoms with Crippen LogP contribution in [0.3, 0.4) is 0 Å². The van der Waals surface area contributed by atoms with E-state index in [1.54, 1.807) is 13.8 Å². The third-order valence-electron chi connectivity index (χ3n) is 0.666. The van der Waals surface area contributed by atoms with Gasteiger partial charge < -0.3 is 4.74 Å². The van der Waals surface area contributed by atoms with Crippen LogP contribution in [0.15, 0.2) is 4.36 Å². The molecule has 64 valence electrons. The molecule has 0 fully saturated rings. The van der Waals surface area contributed by atoms with Gasteiger partial charge >= 0.3 is 16.5 Å². The fraction of sp³-hybridized carbons (Fsp3) is 0.800. The van der Waals surface area contributed by atoms with E-state index in [2.05, 4.69) is 9.10 Å². The third kappa shape index (κ3) is 6.98. The molecular weight excluding hydrogens is 170 g/mol. The summed E-state index contributed by atoms with van der Waals surface area (Å²) >= 11 is 0. The monoisotopic (exact) mass is 179 g/mol. The molecule has 6 heteroatoms. The predicted octanol–water partition coefficient (Wildman–Crippen LogP) is 0.000700. The van der Waals surface area contributed by atoms with E-state index in [1.165, 1.54) is 0 Å². The van der Waals surface area contributed by atoms with Gasteiger partial charge in [-0.15, -0.1) is 0 Å². The second kappa shape index (κ2) is 4.84. The van der Waals surface area contributed by atoms with E-state index in [4.69, 9.17) is 0 Å². The van der Waals surface area contributed by atoms with E-state index >= 15 is 0 Å². The van der Waals surface area contributed by atoms with Gasteiger partial charge in [0.2, 0.25) is 0 Å². The molecule has 0 bridgehead atoms. The number of hydrogen-bond donors (Lipinski definition) is 0. The van der Waals surface area contributed by atoms with Crippen molar-refractivity contribution in [1.82, 2.24) is 0 Å². The van der Waals surface area contributed by atoms with E-state index in [0.29, 0.717) is 0 Å². The second-order valence-electron chi connectivity index (χ2n) is 2.04. The van der Waals surface area contributed by atoms with Crippen LogP contribution in [0.1, 0.15) is 13.8 Å². The van der Waals surface area contributed by atoms with E-state index in [9.17, 15) is 13.2 Å². The Bertz CT molecular complexity index is 246. The van der Waals surface area contributed by atoms with Gasteiger partial charge in [-0.25, -0.2) is 4.79 Å². The summed E-state index contributed by atoms with van der Waals surface area (Å²) < 4.78 is 27.1. The molecule has 0 saturated carbocycles. The minimum Gasteiger partial charge on any atom is -0.462 e. The van der Waals surface area contributed by atoms with Crippen LogP contribution in [0.4, 0.5) is 0 Å². The number of esters is 1. The smallest absolute Gasteiger partial charge is 0.329 e. The molecule has 0 heterocycles. The van der Waals surface area contributed by atoms with Crippen molar-refractivity contribution in [3.63, 3.8) is 0 Å². The van der Waals surface area contributed by atoms with E-state index in [0.717, 1.165) is 0 Å². The summed E-state index contributed by atoms with van der Waals surface area (Å²) in [5, 5.41) is 0. The lowest BCUT2D eigenvalue weighted by molar-refractivity contribution is -0.145. The Morgan fingerprint density at radius 2 is 2.09 bits per heavy atom. The summed E-state index contributed by atoms with van der Waals surface area (Å²) in [4.78, 5) is 10.6. The van der Waals surface area contributed by atoms with Crippen molar-refractivity contribution < 1.29 is 17.9 Å². The Hall–Kier alpha value is -0.910. The molecule has 0 aromatic heterocycles. The van der Waals surface area contributed by atoms with Crippen LogP contribution >= 0.6 is 0 Å². The predicted molar refractivity (Wildman–Crippen MR) is 37.4 cm³/mol. The molecule has 0 saturated heterocycles. The number of nitrogens with zero attached hydrogens (tertiary/aromatic N) is 1. The highest BCUT2D eigenvalue weighted by molar-refractivity contribution is 7.61. The van der Waals surface area contributed by atoms with Crippen molar-refractivity contribution in [1.29, 1.82) is 0 Å². The summed E-state index contributed by atoms with van der Waals surface area (Å²) in [5.41, 5.74) is 0. The van der Waals surface area contributed by atoms with Gasteiger partial charge in [-0.05, 0) is 13.8 Å². The minimum atomic E-state index is -2.53. The molecule has 0 aromatic rings. The van der Waals surface area contributed by atoms with Crippen molar-refractivity contribution >= 4 is 16.5 Å². The number of ether oxygens (including phenoxy) is 1. The van der Waals surface area contributed by atoms with Crippen LogP contribution < -0.4 is 0 Å². The van der Waals surface area contributed by atoms with E-state index in [1.807, 2.05) is 0 Å². The first-order valence-corrected chi connectivity index (χ1v) is 4.02. The molecule has 0 rings (SSSR count). The first-order valence-electron chi connectivity index (χ1n) is 2.98. The fourth-order valence-electron chi connectivity index (χ4n) is 0.406. The summed E-state index contributed by atoms with van der Waals surface area (Å²) in [5.74, 6) is -0.635. The summed E-state index contributed by atoms with van der Waals surface area (Å²) in [6.07, 6.45) is -0.238. The molecule has 5 nitrogen and oxygen atoms in total. The largest absolute Gasteiger partial charge is 0.462 e. The van der Waals surface area contributed by atoms with Crippen molar-refractivity contribution in [3.05, 3.63) is 0 Å². The molecule has 11 heavy (non-hydrogen) atoms. The van der Waals surface area contributed by atoms with Gasteiger partial charge in [0.1, 0.15) is 0 Å². The summed E-state index contributed by atoms with van der Waals surface area (Å²) in [6.45, 7) is 2.91. The van der Waals surface area contributed by atoms with Crippen molar-refractivity contribution in [2.75, 3.05) is 6.54 Å². The molecule has 0 spiro atoms. The van der Waals surface area contributed by atoms with Crippen LogP contribution in [-0.4, -0.2) is 27.0 Å². The van der Waals surface area contributed by atoms with Crippen LogP contribution in [0.5, 0.6) is 0 Å². The molecule has 0 aliphatic heterocycles. The lowest BCUT2D eigenvalue weighted by atomic mass is 10.5. The highest BCUT2D eigenvalue weighted by atomic mass is 32.2. The highest BCUT2D eigenvalue weighted by Crippen LogP contribution is 1.88. The van der Waals surface area contributed by atoms with Crippen molar-refractivity contribution in [2.24, 2.45) is 4.36 Å². The number of hydrogen-bond acceptors (Lipinski definition) is 5. The third-order valence-corrected chi connectivity index (χ3v) is 1.01. The second-order valence-corrected chi connectivity index (χ2v) is 2.74. The quantitative estimate of drug-likeness (QED) is 0.571. The first-order chi connectivity index (χ1) is 5.02. The van der Waals surface area contributed by atoms with Crippen LogP contribution in [0.25, 0.3) is 0 Å². The molecule has 0 aliphatic carbocycles. The zero-order chi connectivity index (χ0) is 8.85. The van der Waals surface area contributed by atoms with Crippen LogP contribution in [0.2, 0.25) is 0 Å². The molecule has 0 aromatic carbocycles. The van der Waals surface area contributed by atoms with Crippen molar-refractivity contribution in [2.45, 2.75) is 20.0 Å². The van der Waals surface area contributed by atoms with Gasteiger partial charge in [0.25, 0.3) is 0 Å². The first kappa shape index (κ1) is 10.1. The topological polar surface area (TPSA) is 72.8 Å². The molecule has 0 unspecified atom stereocenters. The zero-order valence-electron chi connectivity index (χ0n) is 6.27. The number of carbonyl (C=O) groups is 1. The standard InChI is InChI=1S/C5H9NO4S/c1-4(2)10-5(7)3-6-11(8)9/h4H,3H2,1-2H3. The Kier molecular flexibility index (Phi) is 4.44. The van der Waals surface area contributed by atoms with Crippen LogP contribution in [-0.2, 0) is 20.0 Å². The Morgan fingerprint density at radius 1 is 1.55 bits per heavy atom. The van der Waals surface area contributed by atoms with Crippen LogP contribution in [0, 0.1) is 0 Å². The molecular formula is C5H9NO4S. The molecule has 0 atom stereocenters. The van der Waals surface area contributed by atoms with Gasteiger partial charge in [0, 0.05) is 0 Å². The molecule has 0 amide bonds. The zero-order valence-corrected chi connectivity index (χ0v) is 7.09. The highest BCUT2D eigenvalue weighted by Gasteiger charge is 2.02. The van der Waals surface area contributed by atoms with E-state index in [-0.39, 0.29) is 6.10 Å². The van der Waals surface area contributed by atoms with Gasteiger partial charge in [0.05, 0.1) is 6.10 Å². The van der Waals surface area contributed by atoms with Gasteiger partial charge in [0.15, 0.2) is 6.54 Å². The lowest BCUT2D eigenvalue weighted by Crippen LogP contribution is -2.13. The fourth-order valence-corrected chi connectivity index (χ4v) is 0.616. The van der Waals surface area contributed by atoms with E-state index < -0.39 is 23.0 Å². The number of carbonyl (C=O) groups excluding carboxylic acids is 1. The van der Waals surface area contributed by atoms with Gasteiger partial charge in [-0.2, -0.15) is 12.8 Å². The molecule has 0 N–H and O–H groups in total. The molecule has 0 aliphatic rings. The van der Waals surface area contributed by atoms with Crippen molar-refractivity contribution in [3.8, 4) is 0 Å².